The summed E-state index contributed by atoms with van der Waals surface area (Å²) in [7, 11) is 0. The summed E-state index contributed by atoms with van der Waals surface area (Å²) >= 11 is 0. The van der Waals surface area contributed by atoms with Crippen LogP contribution in [0.5, 0.6) is 0 Å². The predicted octanol–water partition coefficient (Wildman–Crippen LogP) is 0.864. The molecule has 3 rings (SSSR count). The number of halogens is 3. The Balaban J connectivity index is 1.69. The van der Waals surface area contributed by atoms with Crippen molar-refractivity contribution in [1.29, 1.82) is 0 Å². The molecule has 0 radical (unpaired) electrons. The molecule has 1 unspecified atom stereocenters. The molecule has 2 aliphatic rings. The van der Waals surface area contributed by atoms with Crippen LogP contribution in [0.25, 0.3) is 0 Å². The number of aromatic nitrogens is 3. The van der Waals surface area contributed by atoms with E-state index in [1.54, 1.807) is 0 Å². The number of hydrogen-bond acceptors (Lipinski definition) is 4. The molecule has 0 amide bonds. The molecule has 1 N–H and O–H groups in total. The van der Waals surface area contributed by atoms with E-state index in [-0.39, 0.29) is 0 Å². The van der Waals surface area contributed by atoms with Crippen LogP contribution in [0.3, 0.4) is 0 Å². The van der Waals surface area contributed by atoms with Crippen LogP contribution >= 0.6 is 0 Å². The van der Waals surface area contributed by atoms with E-state index in [4.69, 9.17) is 0 Å². The number of hydrogen-bond donors (Lipinski definition) is 1. The van der Waals surface area contributed by atoms with Crippen molar-refractivity contribution in [3.63, 3.8) is 0 Å². The van der Waals surface area contributed by atoms with E-state index in [0.717, 1.165) is 19.5 Å². The summed E-state index contributed by atoms with van der Waals surface area (Å²) in [6.07, 6.45) is -2.11. The second-order valence-corrected chi connectivity index (χ2v) is 5.12. The zero-order chi connectivity index (χ0) is 13.5. The summed E-state index contributed by atoms with van der Waals surface area (Å²) in [5.74, 6) is -0.460. The van der Waals surface area contributed by atoms with Crippen molar-refractivity contribution in [2.24, 2.45) is 0 Å². The minimum Gasteiger partial charge on any atom is -0.313 e. The van der Waals surface area contributed by atoms with Crippen LogP contribution in [0.2, 0.25) is 0 Å². The van der Waals surface area contributed by atoms with E-state index < -0.39 is 12.0 Å². The minimum atomic E-state index is -4.42. The van der Waals surface area contributed by atoms with Crippen molar-refractivity contribution in [3.8, 4) is 0 Å². The first-order valence-electron chi connectivity index (χ1n) is 6.49. The fraction of sp³-hybridized carbons (Fsp3) is 0.818. The lowest BCUT2D eigenvalue weighted by Gasteiger charge is -2.29. The van der Waals surface area contributed by atoms with E-state index in [0.29, 0.717) is 31.5 Å². The van der Waals surface area contributed by atoms with Crippen molar-refractivity contribution in [2.75, 3.05) is 19.6 Å². The SMILES string of the molecule is FC(F)(F)c1nnc2n1CCN(CC1CCCN1)C2. The van der Waals surface area contributed by atoms with Crippen LogP contribution in [0.1, 0.15) is 24.5 Å². The van der Waals surface area contributed by atoms with Crippen LogP contribution in [-0.4, -0.2) is 45.3 Å². The summed E-state index contributed by atoms with van der Waals surface area (Å²) in [6.45, 7) is 3.28. The molecule has 0 aliphatic carbocycles. The molecule has 1 aromatic heterocycles. The maximum atomic E-state index is 12.7. The standard InChI is InChI=1S/C11H16F3N5/c12-11(13,14)10-17-16-9-7-18(4-5-19(9)10)6-8-2-1-3-15-8/h8,15H,1-7H2. The summed E-state index contributed by atoms with van der Waals surface area (Å²) in [4.78, 5) is 2.15. The second kappa shape index (κ2) is 4.75. The summed E-state index contributed by atoms with van der Waals surface area (Å²) in [6, 6.07) is 0.455. The van der Waals surface area contributed by atoms with E-state index in [1.807, 2.05) is 0 Å². The number of rotatable bonds is 2. The topological polar surface area (TPSA) is 46.0 Å². The normalized spacial score (nSPS) is 24.7. The molecular weight excluding hydrogens is 259 g/mol. The molecule has 106 valence electrons. The minimum absolute atomic E-state index is 0.309. The molecule has 1 fully saturated rings. The van der Waals surface area contributed by atoms with Gasteiger partial charge in [0.05, 0.1) is 6.54 Å². The van der Waals surface area contributed by atoms with Crippen LogP contribution in [-0.2, 0) is 19.3 Å². The monoisotopic (exact) mass is 275 g/mol. The summed E-state index contributed by atoms with van der Waals surface area (Å²) in [5.41, 5.74) is 0. The maximum absolute atomic E-state index is 12.7. The number of fused-ring (bicyclic) bond motifs is 1. The largest absolute Gasteiger partial charge is 0.451 e. The molecule has 1 aromatic rings. The Kier molecular flexibility index (Phi) is 3.22. The van der Waals surface area contributed by atoms with Gasteiger partial charge >= 0.3 is 6.18 Å². The van der Waals surface area contributed by atoms with Gasteiger partial charge in [-0.1, -0.05) is 0 Å². The maximum Gasteiger partial charge on any atom is 0.451 e. The third-order valence-electron chi connectivity index (χ3n) is 3.73. The first-order chi connectivity index (χ1) is 9.04. The Morgan fingerprint density at radius 2 is 2.11 bits per heavy atom. The molecule has 0 saturated carbocycles. The highest BCUT2D eigenvalue weighted by Gasteiger charge is 2.39. The quantitative estimate of drug-likeness (QED) is 0.870. The first-order valence-corrected chi connectivity index (χ1v) is 6.49. The zero-order valence-corrected chi connectivity index (χ0v) is 10.4. The highest BCUT2D eigenvalue weighted by atomic mass is 19.4. The molecule has 0 bridgehead atoms. The highest BCUT2D eigenvalue weighted by Crippen LogP contribution is 2.29. The van der Waals surface area contributed by atoms with Gasteiger partial charge < -0.3 is 9.88 Å². The Hall–Kier alpha value is -1.15. The van der Waals surface area contributed by atoms with Crippen LogP contribution in [0, 0.1) is 0 Å². The Labute approximate surface area is 108 Å². The van der Waals surface area contributed by atoms with E-state index in [1.165, 1.54) is 11.0 Å². The average Bonchev–Trinajstić information content (AvgIpc) is 2.95. The lowest BCUT2D eigenvalue weighted by atomic mass is 10.2. The highest BCUT2D eigenvalue weighted by molar-refractivity contribution is 5.02. The molecule has 1 atom stereocenters. The lowest BCUT2D eigenvalue weighted by molar-refractivity contribution is -0.148. The van der Waals surface area contributed by atoms with E-state index >= 15 is 0 Å². The van der Waals surface area contributed by atoms with Gasteiger partial charge in [-0.2, -0.15) is 13.2 Å². The Bertz CT molecular complexity index is 450. The van der Waals surface area contributed by atoms with Crippen LogP contribution in [0.15, 0.2) is 0 Å². The summed E-state index contributed by atoms with van der Waals surface area (Å²) < 4.78 is 39.3. The Morgan fingerprint density at radius 3 is 2.79 bits per heavy atom. The molecule has 5 nitrogen and oxygen atoms in total. The predicted molar refractivity (Wildman–Crippen MR) is 61.3 cm³/mol. The van der Waals surface area contributed by atoms with Gasteiger partial charge in [-0.15, -0.1) is 10.2 Å². The fourth-order valence-corrected chi connectivity index (χ4v) is 2.80. The molecule has 2 aliphatic heterocycles. The van der Waals surface area contributed by atoms with Gasteiger partial charge in [-0.3, -0.25) is 4.90 Å². The fourth-order valence-electron chi connectivity index (χ4n) is 2.80. The smallest absolute Gasteiger partial charge is 0.313 e. The number of alkyl halides is 3. The van der Waals surface area contributed by atoms with Crippen LogP contribution < -0.4 is 5.32 Å². The van der Waals surface area contributed by atoms with Gasteiger partial charge in [0.15, 0.2) is 0 Å². The molecule has 8 heteroatoms. The number of nitrogens with one attached hydrogen (secondary N) is 1. The van der Waals surface area contributed by atoms with Crippen LogP contribution in [0.4, 0.5) is 13.2 Å². The molecular formula is C11H16F3N5. The molecule has 0 spiro atoms. The van der Waals surface area contributed by atoms with E-state index in [2.05, 4.69) is 20.4 Å². The van der Waals surface area contributed by atoms with Crippen molar-refractivity contribution < 1.29 is 13.2 Å². The van der Waals surface area contributed by atoms with Gasteiger partial charge in [0.1, 0.15) is 5.82 Å². The lowest BCUT2D eigenvalue weighted by Crippen LogP contribution is -2.42. The third kappa shape index (κ3) is 2.59. The average molecular weight is 275 g/mol. The van der Waals surface area contributed by atoms with Crippen molar-refractivity contribution >= 4 is 0 Å². The molecule has 3 heterocycles. The van der Waals surface area contributed by atoms with Crippen molar-refractivity contribution in [2.45, 2.75) is 38.1 Å². The van der Waals surface area contributed by atoms with Gasteiger partial charge in [0, 0.05) is 25.7 Å². The number of nitrogens with zero attached hydrogens (tertiary/aromatic N) is 4. The second-order valence-electron chi connectivity index (χ2n) is 5.12. The zero-order valence-electron chi connectivity index (χ0n) is 10.4. The van der Waals surface area contributed by atoms with Gasteiger partial charge in [-0.05, 0) is 19.4 Å². The molecule has 0 aromatic carbocycles. The first kappa shape index (κ1) is 12.9. The van der Waals surface area contributed by atoms with Crippen molar-refractivity contribution in [3.05, 3.63) is 11.6 Å². The molecule has 1 saturated heterocycles. The summed E-state index contributed by atoms with van der Waals surface area (Å²) in [5, 5.41) is 10.4. The van der Waals surface area contributed by atoms with Gasteiger partial charge in [0.25, 0.3) is 0 Å². The Morgan fingerprint density at radius 1 is 1.26 bits per heavy atom. The van der Waals surface area contributed by atoms with Crippen molar-refractivity contribution in [1.82, 2.24) is 25.0 Å². The van der Waals surface area contributed by atoms with Gasteiger partial charge in [-0.25, -0.2) is 0 Å². The van der Waals surface area contributed by atoms with E-state index in [9.17, 15) is 13.2 Å². The molecule has 19 heavy (non-hydrogen) atoms. The third-order valence-corrected chi connectivity index (χ3v) is 3.73. The van der Waals surface area contributed by atoms with Gasteiger partial charge in [0.2, 0.25) is 5.82 Å².